The third-order valence-electron chi connectivity index (χ3n) is 3.15. The zero-order chi connectivity index (χ0) is 14.7. The van der Waals surface area contributed by atoms with Crippen LogP contribution < -0.4 is 10.0 Å². The number of ether oxygens (including phenoxy) is 1. The van der Waals surface area contributed by atoms with E-state index in [9.17, 15) is 19.5 Å². The van der Waals surface area contributed by atoms with E-state index in [-0.39, 0.29) is 31.0 Å². The number of anilines is 1. The highest BCUT2D eigenvalue weighted by Gasteiger charge is 2.33. The van der Waals surface area contributed by atoms with E-state index < -0.39 is 17.9 Å². The lowest BCUT2D eigenvalue weighted by Gasteiger charge is -2.19. The smallest absolute Gasteiger partial charge is 0.340 e. The monoisotopic (exact) mass is 276 g/mol. The van der Waals surface area contributed by atoms with Crippen LogP contribution in [0, 0.1) is 5.92 Å². The van der Waals surface area contributed by atoms with E-state index in [1.165, 1.54) is 4.90 Å². The molecule has 2 rings (SSSR count). The number of rotatable bonds is 4. The van der Waals surface area contributed by atoms with E-state index in [1.54, 1.807) is 31.2 Å². The Hall–Kier alpha value is -2.37. The van der Waals surface area contributed by atoms with Gasteiger partial charge in [-0.2, -0.15) is 0 Å². The molecule has 6 nitrogen and oxygen atoms in total. The van der Waals surface area contributed by atoms with Crippen LogP contribution >= 0.6 is 0 Å². The van der Waals surface area contributed by atoms with Crippen molar-refractivity contribution in [1.29, 1.82) is 0 Å². The van der Waals surface area contributed by atoms with Crippen LogP contribution in [0.3, 0.4) is 0 Å². The lowest BCUT2D eigenvalue weighted by Crippen LogP contribution is -2.34. The molecule has 0 aromatic heterocycles. The van der Waals surface area contributed by atoms with Gasteiger partial charge in [0.05, 0.1) is 17.9 Å². The minimum absolute atomic E-state index is 0.0115. The predicted molar refractivity (Wildman–Crippen MR) is 67.9 cm³/mol. The highest BCUT2D eigenvalue weighted by molar-refractivity contribution is 6.05. The van der Waals surface area contributed by atoms with E-state index in [4.69, 9.17) is 4.74 Å². The van der Waals surface area contributed by atoms with E-state index in [0.717, 1.165) is 0 Å². The zero-order valence-corrected chi connectivity index (χ0v) is 11.0. The van der Waals surface area contributed by atoms with Gasteiger partial charge in [0, 0.05) is 24.9 Å². The van der Waals surface area contributed by atoms with E-state index in [1.807, 2.05) is 0 Å². The number of hydrogen-bond acceptors (Lipinski definition) is 5. The van der Waals surface area contributed by atoms with Crippen LogP contribution in [-0.4, -0.2) is 31.0 Å². The van der Waals surface area contributed by atoms with Gasteiger partial charge in [-0.15, -0.1) is 0 Å². The number of para-hydroxylation sites is 1. The molecular weight excluding hydrogens is 262 g/mol. The molecular formula is C14H14NO5-. The molecule has 106 valence electrons. The Morgan fingerprint density at radius 3 is 2.70 bits per heavy atom. The molecule has 1 aliphatic rings. The van der Waals surface area contributed by atoms with Crippen LogP contribution in [0.15, 0.2) is 24.3 Å². The molecule has 0 saturated carbocycles. The summed E-state index contributed by atoms with van der Waals surface area (Å²) in [6.45, 7) is 1.92. The summed E-state index contributed by atoms with van der Waals surface area (Å²) < 4.78 is 4.93. The number of aliphatic carboxylic acids is 1. The van der Waals surface area contributed by atoms with Gasteiger partial charge in [0.2, 0.25) is 5.91 Å². The van der Waals surface area contributed by atoms with Crippen LogP contribution in [-0.2, 0) is 14.3 Å². The molecule has 0 unspecified atom stereocenters. The predicted octanol–water partition coefficient (Wildman–Crippen LogP) is -0.0339. The minimum atomic E-state index is -1.26. The lowest BCUT2D eigenvalue weighted by molar-refractivity contribution is -0.310. The van der Waals surface area contributed by atoms with Gasteiger partial charge in [0.15, 0.2) is 0 Å². The van der Waals surface area contributed by atoms with Crippen LogP contribution in [0.4, 0.5) is 5.69 Å². The van der Waals surface area contributed by atoms with Crippen molar-refractivity contribution in [3.63, 3.8) is 0 Å². The SMILES string of the molecule is CCOC(=O)c1ccccc1N1C[C@H](C(=O)[O-])CC1=O. The average molecular weight is 276 g/mol. The second kappa shape index (κ2) is 5.73. The molecule has 1 atom stereocenters. The third-order valence-corrected chi connectivity index (χ3v) is 3.15. The number of carbonyl (C=O) groups is 3. The maximum atomic E-state index is 11.9. The summed E-state index contributed by atoms with van der Waals surface area (Å²) in [4.78, 5) is 35.9. The van der Waals surface area contributed by atoms with Gasteiger partial charge in [-0.3, -0.25) is 4.79 Å². The number of benzene rings is 1. The Labute approximate surface area is 115 Å². The van der Waals surface area contributed by atoms with Crippen molar-refractivity contribution in [3.8, 4) is 0 Å². The molecule has 1 amide bonds. The molecule has 1 heterocycles. The van der Waals surface area contributed by atoms with Crippen molar-refractivity contribution >= 4 is 23.5 Å². The van der Waals surface area contributed by atoms with Crippen molar-refractivity contribution in [3.05, 3.63) is 29.8 Å². The first-order chi connectivity index (χ1) is 9.54. The fourth-order valence-corrected chi connectivity index (χ4v) is 2.19. The van der Waals surface area contributed by atoms with Gasteiger partial charge < -0.3 is 19.5 Å². The third kappa shape index (κ3) is 2.64. The van der Waals surface area contributed by atoms with Crippen molar-refractivity contribution in [1.82, 2.24) is 0 Å². The number of carboxylic acids is 1. The molecule has 1 aromatic carbocycles. The van der Waals surface area contributed by atoms with Gasteiger partial charge in [0.25, 0.3) is 0 Å². The first-order valence-corrected chi connectivity index (χ1v) is 6.32. The Morgan fingerprint density at radius 1 is 1.40 bits per heavy atom. The Bertz CT molecular complexity index is 554. The molecule has 6 heteroatoms. The van der Waals surface area contributed by atoms with Crippen molar-refractivity contribution in [2.75, 3.05) is 18.1 Å². The van der Waals surface area contributed by atoms with Crippen LogP contribution in [0.1, 0.15) is 23.7 Å². The maximum absolute atomic E-state index is 11.9. The van der Waals surface area contributed by atoms with Crippen LogP contribution in [0.25, 0.3) is 0 Å². The Kier molecular flexibility index (Phi) is 4.02. The maximum Gasteiger partial charge on any atom is 0.340 e. The number of hydrogen-bond donors (Lipinski definition) is 0. The molecule has 1 fully saturated rings. The number of esters is 1. The van der Waals surface area contributed by atoms with Crippen molar-refractivity contribution in [2.24, 2.45) is 5.92 Å². The molecule has 20 heavy (non-hydrogen) atoms. The second-order valence-corrected chi connectivity index (χ2v) is 4.46. The number of amides is 1. The topological polar surface area (TPSA) is 86.7 Å². The normalized spacial score (nSPS) is 18.1. The van der Waals surface area contributed by atoms with E-state index in [2.05, 4.69) is 0 Å². The summed E-state index contributed by atoms with van der Waals surface area (Å²) in [5.41, 5.74) is 0.626. The highest BCUT2D eigenvalue weighted by Crippen LogP contribution is 2.28. The molecule has 0 N–H and O–H groups in total. The van der Waals surface area contributed by atoms with Crippen LogP contribution in [0.2, 0.25) is 0 Å². The highest BCUT2D eigenvalue weighted by atomic mass is 16.5. The molecule has 0 spiro atoms. The van der Waals surface area contributed by atoms with Gasteiger partial charge in [0.1, 0.15) is 0 Å². The molecule has 1 saturated heterocycles. The molecule has 1 aliphatic heterocycles. The summed E-state index contributed by atoms with van der Waals surface area (Å²) in [5, 5.41) is 10.9. The molecule has 1 aromatic rings. The fraction of sp³-hybridized carbons (Fsp3) is 0.357. The van der Waals surface area contributed by atoms with Crippen molar-refractivity contribution < 1.29 is 24.2 Å². The standard InChI is InChI=1S/C14H15NO5/c1-2-20-14(19)10-5-3-4-6-11(10)15-8-9(13(17)18)7-12(15)16/h3-6,9H,2,7-8H2,1H3,(H,17,18)/p-1/t9-/m1/s1. The summed E-state index contributed by atoms with van der Waals surface area (Å²) in [5.74, 6) is -2.98. The largest absolute Gasteiger partial charge is 0.550 e. The quantitative estimate of drug-likeness (QED) is 0.720. The van der Waals surface area contributed by atoms with E-state index in [0.29, 0.717) is 5.69 Å². The first kappa shape index (κ1) is 14.0. The average Bonchev–Trinajstić information content (AvgIpc) is 2.81. The summed E-state index contributed by atoms with van der Waals surface area (Å²) in [7, 11) is 0. The number of carbonyl (C=O) groups excluding carboxylic acids is 3. The van der Waals surface area contributed by atoms with Crippen molar-refractivity contribution in [2.45, 2.75) is 13.3 Å². The summed E-state index contributed by atoms with van der Waals surface area (Å²) in [6, 6.07) is 6.49. The Morgan fingerprint density at radius 2 is 2.10 bits per heavy atom. The number of nitrogens with zero attached hydrogens (tertiary/aromatic N) is 1. The van der Waals surface area contributed by atoms with Gasteiger partial charge in [-0.1, -0.05) is 12.1 Å². The number of carboxylic acid groups (broad SMARTS) is 1. The van der Waals surface area contributed by atoms with Gasteiger partial charge in [-0.05, 0) is 19.1 Å². The molecule has 0 aliphatic carbocycles. The second-order valence-electron chi connectivity index (χ2n) is 4.46. The zero-order valence-electron chi connectivity index (χ0n) is 11.0. The van der Waals surface area contributed by atoms with Crippen LogP contribution in [0.5, 0.6) is 0 Å². The van der Waals surface area contributed by atoms with Gasteiger partial charge in [-0.25, -0.2) is 4.79 Å². The summed E-state index contributed by atoms with van der Waals surface area (Å²) >= 11 is 0. The minimum Gasteiger partial charge on any atom is -0.550 e. The summed E-state index contributed by atoms with van der Waals surface area (Å²) in [6.07, 6.45) is -0.112. The van der Waals surface area contributed by atoms with E-state index >= 15 is 0 Å². The molecule has 0 bridgehead atoms. The lowest BCUT2D eigenvalue weighted by atomic mass is 10.1. The fourth-order valence-electron chi connectivity index (χ4n) is 2.19. The molecule has 0 radical (unpaired) electrons. The van der Waals surface area contributed by atoms with Gasteiger partial charge >= 0.3 is 5.97 Å². The first-order valence-electron chi connectivity index (χ1n) is 6.32. The Balaban J connectivity index is 2.31.